The van der Waals surface area contributed by atoms with Crippen LogP contribution < -0.4 is 0 Å². The molecule has 0 fully saturated rings. The van der Waals surface area contributed by atoms with Gasteiger partial charge >= 0.3 is 0 Å². The summed E-state index contributed by atoms with van der Waals surface area (Å²) in [6.07, 6.45) is 0. The second-order valence-corrected chi connectivity index (χ2v) is 17.1. The van der Waals surface area contributed by atoms with Gasteiger partial charge in [-0.2, -0.15) is 0 Å². The molecule has 0 spiro atoms. The Bertz CT molecular complexity index is 3390. The molecular weight excluding hydrogens is 769 g/mol. The molecule has 1 aliphatic carbocycles. The zero-order chi connectivity index (χ0) is 41.0. The molecule has 290 valence electrons. The third-order valence-corrected chi connectivity index (χ3v) is 13.8. The van der Waals surface area contributed by atoms with Gasteiger partial charge in [-0.05, 0) is 73.8 Å². The summed E-state index contributed by atoms with van der Waals surface area (Å²) in [4.78, 5) is 10.3. The molecule has 0 atom stereocenters. The van der Waals surface area contributed by atoms with E-state index in [1.165, 1.54) is 70.2 Å². The van der Waals surface area contributed by atoms with Crippen LogP contribution in [0, 0.1) is 0 Å². The van der Waals surface area contributed by atoms with E-state index in [0.717, 1.165) is 33.6 Å². The van der Waals surface area contributed by atoms with Crippen molar-refractivity contribution in [1.82, 2.24) is 9.97 Å². The maximum Gasteiger partial charge on any atom is 0.160 e. The van der Waals surface area contributed by atoms with Gasteiger partial charge < -0.3 is 0 Å². The van der Waals surface area contributed by atoms with Crippen molar-refractivity contribution < 1.29 is 0 Å². The van der Waals surface area contributed by atoms with Crippen LogP contribution in [0.2, 0.25) is 0 Å². The van der Waals surface area contributed by atoms with Crippen LogP contribution in [0.25, 0.3) is 87.5 Å². The molecule has 0 aliphatic heterocycles. The Morgan fingerprint density at radius 1 is 0.323 bits per heavy atom. The summed E-state index contributed by atoms with van der Waals surface area (Å²) in [5.74, 6) is 0.707. The predicted octanol–water partition coefficient (Wildman–Crippen LogP) is 15.5. The number of fused-ring (bicyclic) bond motifs is 6. The highest BCUT2D eigenvalue weighted by Crippen LogP contribution is 2.56. The maximum atomic E-state index is 5.16. The average Bonchev–Trinajstić information content (AvgIpc) is 3.89. The van der Waals surface area contributed by atoms with Gasteiger partial charge in [-0.25, -0.2) is 9.97 Å². The topological polar surface area (TPSA) is 25.8 Å². The van der Waals surface area contributed by atoms with E-state index in [9.17, 15) is 0 Å². The van der Waals surface area contributed by atoms with Crippen molar-refractivity contribution in [2.24, 2.45) is 0 Å². The summed E-state index contributed by atoms with van der Waals surface area (Å²) in [5.41, 5.74) is 17.0. The first-order chi connectivity index (χ1) is 30.7. The minimum atomic E-state index is -0.411. The van der Waals surface area contributed by atoms with E-state index in [0.29, 0.717) is 5.82 Å². The molecule has 0 saturated carbocycles. The average molecular weight is 807 g/mol. The van der Waals surface area contributed by atoms with Crippen molar-refractivity contribution in [3.63, 3.8) is 0 Å². The second-order valence-electron chi connectivity index (χ2n) is 16.1. The lowest BCUT2D eigenvalue weighted by molar-refractivity contribution is 0.768. The molecule has 0 saturated heterocycles. The van der Waals surface area contributed by atoms with Crippen molar-refractivity contribution >= 4 is 31.5 Å². The lowest BCUT2D eigenvalue weighted by atomic mass is 9.67. The highest BCUT2D eigenvalue weighted by Gasteiger charge is 2.45. The van der Waals surface area contributed by atoms with Crippen LogP contribution in [-0.4, -0.2) is 9.97 Å². The number of thiophene rings is 1. The molecule has 3 heteroatoms. The van der Waals surface area contributed by atoms with Gasteiger partial charge in [-0.1, -0.05) is 212 Å². The van der Waals surface area contributed by atoms with E-state index in [-0.39, 0.29) is 0 Å². The Labute approximate surface area is 365 Å². The van der Waals surface area contributed by atoms with E-state index >= 15 is 0 Å². The second kappa shape index (κ2) is 14.8. The molecule has 12 rings (SSSR count). The minimum Gasteiger partial charge on any atom is -0.228 e. The molecule has 2 aromatic heterocycles. The molecule has 0 bridgehead atoms. The summed E-state index contributed by atoms with van der Waals surface area (Å²) < 4.78 is 2.63. The number of rotatable bonds is 7. The minimum absolute atomic E-state index is 0.411. The smallest absolute Gasteiger partial charge is 0.160 e. The normalized spacial score (nSPS) is 12.6. The Morgan fingerprint density at radius 3 is 1.53 bits per heavy atom. The third-order valence-electron chi connectivity index (χ3n) is 12.6. The molecule has 2 nitrogen and oxygen atoms in total. The fraction of sp³-hybridized carbons (Fsp3) is 0.0169. The van der Waals surface area contributed by atoms with Crippen molar-refractivity contribution in [1.29, 1.82) is 0 Å². The Morgan fingerprint density at radius 2 is 0.839 bits per heavy atom. The van der Waals surface area contributed by atoms with E-state index in [4.69, 9.17) is 9.97 Å². The molecule has 0 unspecified atom stereocenters. The van der Waals surface area contributed by atoms with Gasteiger partial charge in [0.15, 0.2) is 5.82 Å². The van der Waals surface area contributed by atoms with Gasteiger partial charge in [0, 0.05) is 36.9 Å². The highest BCUT2D eigenvalue weighted by atomic mass is 32.1. The first-order valence-electron chi connectivity index (χ1n) is 21.1. The van der Waals surface area contributed by atoms with E-state index < -0.39 is 5.41 Å². The van der Waals surface area contributed by atoms with E-state index in [1.807, 2.05) is 29.5 Å². The fourth-order valence-corrected chi connectivity index (χ4v) is 11.0. The van der Waals surface area contributed by atoms with Crippen LogP contribution in [-0.2, 0) is 5.41 Å². The standard InChI is InChI=1S/C59H38N2S/c1-4-15-43(16-5-1)58-60-54(38-55(61-58)42-33-29-40(30-34-42)47-23-14-24-50-49-22-11-13-26-56(49)62-57(47)50)41-31-27-39(28-32-41)44-35-36-53-51(37-44)48-21-10-12-25-52(48)59(53,45-17-6-2-7-18-45)46-19-8-3-9-20-46/h1-38H. The summed E-state index contributed by atoms with van der Waals surface area (Å²) in [6.45, 7) is 0. The van der Waals surface area contributed by atoms with E-state index in [1.54, 1.807) is 0 Å². The Hall–Kier alpha value is -7.72. The van der Waals surface area contributed by atoms with Crippen molar-refractivity contribution in [3.8, 4) is 67.3 Å². The summed E-state index contributed by atoms with van der Waals surface area (Å²) in [5, 5.41) is 2.62. The van der Waals surface area contributed by atoms with Crippen LogP contribution in [0.15, 0.2) is 231 Å². The van der Waals surface area contributed by atoms with Gasteiger partial charge in [0.2, 0.25) is 0 Å². The predicted molar refractivity (Wildman–Crippen MR) is 259 cm³/mol. The van der Waals surface area contributed by atoms with Crippen LogP contribution in [0.4, 0.5) is 0 Å². The van der Waals surface area contributed by atoms with Crippen molar-refractivity contribution in [2.75, 3.05) is 0 Å². The monoisotopic (exact) mass is 806 g/mol. The first kappa shape index (κ1) is 36.2. The SMILES string of the molecule is c1ccc(-c2nc(-c3ccc(-c4ccc5c(c4)-c4ccccc4C5(c4ccccc4)c4ccccc4)cc3)cc(-c3ccc(-c4cccc5c4sc4ccccc45)cc3)n2)cc1. The summed E-state index contributed by atoms with van der Waals surface area (Å²) in [7, 11) is 0. The summed E-state index contributed by atoms with van der Waals surface area (Å²) >= 11 is 1.86. The molecule has 2 heterocycles. The number of hydrogen-bond donors (Lipinski definition) is 0. The van der Waals surface area contributed by atoms with Gasteiger partial charge in [-0.3, -0.25) is 0 Å². The number of benzene rings is 9. The lowest BCUT2D eigenvalue weighted by Crippen LogP contribution is -2.28. The maximum absolute atomic E-state index is 5.16. The van der Waals surface area contributed by atoms with Crippen molar-refractivity contribution in [2.45, 2.75) is 5.41 Å². The molecule has 62 heavy (non-hydrogen) atoms. The molecule has 0 amide bonds. The van der Waals surface area contributed by atoms with Crippen LogP contribution in [0.5, 0.6) is 0 Å². The fourth-order valence-electron chi connectivity index (χ4n) is 9.72. The Balaban J connectivity index is 0.918. The summed E-state index contributed by atoms with van der Waals surface area (Å²) in [6, 6.07) is 83.3. The van der Waals surface area contributed by atoms with Crippen LogP contribution in [0.1, 0.15) is 22.3 Å². The molecule has 9 aromatic carbocycles. The van der Waals surface area contributed by atoms with Crippen LogP contribution in [0.3, 0.4) is 0 Å². The van der Waals surface area contributed by atoms with E-state index in [2.05, 4.69) is 212 Å². The number of nitrogens with zero attached hydrogens (tertiary/aromatic N) is 2. The quantitative estimate of drug-likeness (QED) is 0.160. The Kier molecular flexibility index (Phi) is 8.62. The zero-order valence-electron chi connectivity index (χ0n) is 33.7. The third kappa shape index (κ3) is 5.85. The molecule has 11 aromatic rings. The van der Waals surface area contributed by atoms with Gasteiger partial charge in [0.25, 0.3) is 0 Å². The largest absolute Gasteiger partial charge is 0.228 e. The zero-order valence-corrected chi connectivity index (χ0v) is 34.6. The van der Waals surface area contributed by atoms with Gasteiger partial charge in [0.05, 0.1) is 16.8 Å². The van der Waals surface area contributed by atoms with Gasteiger partial charge in [0.1, 0.15) is 0 Å². The number of aromatic nitrogens is 2. The molecule has 0 radical (unpaired) electrons. The highest BCUT2D eigenvalue weighted by molar-refractivity contribution is 7.26. The molecule has 1 aliphatic rings. The molecular formula is C59H38N2S. The number of hydrogen-bond acceptors (Lipinski definition) is 3. The van der Waals surface area contributed by atoms with Crippen molar-refractivity contribution in [3.05, 3.63) is 253 Å². The lowest BCUT2D eigenvalue weighted by Gasteiger charge is -2.33. The first-order valence-corrected chi connectivity index (χ1v) is 22.0. The van der Waals surface area contributed by atoms with Gasteiger partial charge in [-0.15, -0.1) is 11.3 Å². The van der Waals surface area contributed by atoms with Crippen LogP contribution >= 0.6 is 11.3 Å². The molecule has 0 N–H and O–H groups in total.